The largest absolute Gasteiger partial charge is 0.497 e. The second-order valence-corrected chi connectivity index (χ2v) is 5.38. The Labute approximate surface area is 141 Å². The maximum absolute atomic E-state index is 13.8. The number of aromatic nitrogens is 1. The van der Waals surface area contributed by atoms with Crippen LogP contribution in [0, 0.1) is 5.82 Å². The number of nitrogens with zero attached hydrogens (tertiary/aromatic N) is 1. The molecule has 0 bridgehead atoms. The quantitative estimate of drug-likeness (QED) is 0.577. The van der Waals surface area contributed by atoms with Gasteiger partial charge in [0.1, 0.15) is 11.6 Å². The maximum atomic E-state index is 13.8. The minimum Gasteiger partial charge on any atom is -0.497 e. The van der Waals surface area contributed by atoms with Crippen LogP contribution in [0.15, 0.2) is 60.9 Å². The highest BCUT2D eigenvalue weighted by Crippen LogP contribution is 2.34. The third kappa shape index (κ3) is 3.63. The Kier molecular flexibility index (Phi) is 4.44. The van der Waals surface area contributed by atoms with Gasteiger partial charge in [-0.1, -0.05) is 18.2 Å². The Bertz CT molecular complexity index is 889. The molecule has 3 aromatic rings. The summed E-state index contributed by atoms with van der Waals surface area (Å²) in [6.07, 6.45) is -1.60. The van der Waals surface area contributed by atoms with Crippen molar-refractivity contribution < 1.29 is 22.3 Å². The molecule has 0 saturated carbocycles. The summed E-state index contributed by atoms with van der Waals surface area (Å²) in [5, 5.41) is 0. The van der Waals surface area contributed by atoms with E-state index < -0.39 is 17.6 Å². The average Bonchev–Trinajstić information content (AvgIpc) is 2.61. The highest BCUT2D eigenvalue weighted by atomic mass is 19.4. The van der Waals surface area contributed by atoms with Gasteiger partial charge in [0.15, 0.2) is 0 Å². The van der Waals surface area contributed by atoms with Gasteiger partial charge >= 0.3 is 6.18 Å². The monoisotopic (exact) mass is 347 g/mol. The predicted molar refractivity (Wildman–Crippen MR) is 86.6 cm³/mol. The standard InChI is InChI=1S/C19H13F4NO/c1-25-16-5-2-12(3-6-16)14-8-15(11-24-10-14)13-4-7-17(18(20)9-13)19(21,22)23/h2-11H,1H3. The molecule has 0 spiro atoms. The lowest BCUT2D eigenvalue weighted by Gasteiger charge is -2.10. The van der Waals surface area contributed by atoms with E-state index in [9.17, 15) is 17.6 Å². The average molecular weight is 347 g/mol. The lowest BCUT2D eigenvalue weighted by atomic mass is 10.0. The fraction of sp³-hybridized carbons (Fsp3) is 0.105. The Balaban J connectivity index is 1.97. The summed E-state index contributed by atoms with van der Waals surface area (Å²) in [7, 11) is 1.57. The van der Waals surface area contributed by atoms with Gasteiger partial charge in [-0.25, -0.2) is 4.39 Å². The molecule has 0 unspecified atom stereocenters. The zero-order valence-electron chi connectivity index (χ0n) is 13.1. The molecule has 0 radical (unpaired) electrons. The van der Waals surface area contributed by atoms with Crippen molar-refractivity contribution in [2.24, 2.45) is 0 Å². The molecule has 0 aliphatic carbocycles. The summed E-state index contributed by atoms with van der Waals surface area (Å²) in [5.74, 6) is -0.600. The number of halogens is 4. The molecule has 25 heavy (non-hydrogen) atoms. The van der Waals surface area contributed by atoms with Crippen LogP contribution in [0.2, 0.25) is 0 Å². The molecule has 128 valence electrons. The van der Waals surface area contributed by atoms with E-state index in [0.29, 0.717) is 16.9 Å². The Morgan fingerprint density at radius 2 is 1.40 bits per heavy atom. The molecule has 6 heteroatoms. The van der Waals surface area contributed by atoms with Gasteiger partial charge in [-0.15, -0.1) is 0 Å². The van der Waals surface area contributed by atoms with Crippen molar-refractivity contribution in [2.75, 3.05) is 7.11 Å². The van der Waals surface area contributed by atoms with Gasteiger partial charge in [0.25, 0.3) is 0 Å². The molecule has 0 aliphatic rings. The number of hydrogen-bond acceptors (Lipinski definition) is 2. The number of rotatable bonds is 3. The van der Waals surface area contributed by atoms with E-state index in [1.165, 1.54) is 12.3 Å². The molecule has 2 aromatic carbocycles. The van der Waals surface area contributed by atoms with Crippen molar-refractivity contribution >= 4 is 0 Å². The number of alkyl halides is 3. The first-order chi connectivity index (χ1) is 11.9. The van der Waals surface area contributed by atoms with Gasteiger partial charge in [-0.2, -0.15) is 13.2 Å². The lowest BCUT2D eigenvalue weighted by Crippen LogP contribution is -2.07. The van der Waals surface area contributed by atoms with Gasteiger partial charge in [0.2, 0.25) is 0 Å². The Morgan fingerprint density at radius 3 is 1.96 bits per heavy atom. The van der Waals surface area contributed by atoms with Crippen molar-refractivity contribution in [3.8, 4) is 28.0 Å². The molecular formula is C19H13F4NO. The van der Waals surface area contributed by atoms with Crippen LogP contribution in [-0.4, -0.2) is 12.1 Å². The van der Waals surface area contributed by atoms with E-state index in [1.807, 2.05) is 12.1 Å². The molecular weight excluding hydrogens is 334 g/mol. The third-order valence-electron chi connectivity index (χ3n) is 3.77. The predicted octanol–water partition coefficient (Wildman–Crippen LogP) is 5.58. The molecule has 0 N–H and O–H groups in total. The summed E-state index contributed by atoms with van der Waals surface area (Å²) in [6.45, 7) is 0. The van der Waals surface area contributed by atoms with Crippen LogP contribution in [0.4, 0.5) is 17.6 Å². The van der Waals surface area contributed by atoms with Gasteiger partial charge in [-0.05, 0) is 41.5 Å². The topological polar surface area (TPSA) is 22.1 Å². The second kappa shape index (κ2) is 6.55. The highest BCUT2D eigenvalue weighted by Gasteiger charge is 2.33. The highest BCUT2D eigenvalue weighted by molar-refractivity contribution is 5.72. The lowest BCUT2D eigenvalue weighted by molar-refractivity contribution is -0.139. The van der Waals surface area contributed by atoms with Crippen LogP contribution in [0.5, 0.6) is 5.75 Å². The number of pyridine rings is 1. The normalized spacial score (nSPS) is 11.4. The summed E-state index contributed by atoms with van der Waals surface area (Å²) in [5.41, 5.74) is 1.20. The summed E-state index contributed by atoms with van der Waals surface area (Å²) >= 11 is 0. The van der Waals surface area contributed by atoms with Gasteiger partial charge < -0.3 is 4.74 Å². The van der Waals surface area contributed by atoms with E-state index >= 15 is 0 Å². The minimum absolute atomic E-state index is 0.327. The molecule has 0 atom stereocenters. The van der Waals surface area contributed by atoms with Gasteiger partial charge in [0, 0.05) is 23.5 Å². The van der Waals surface area contributed by atoms with Crippen molar-refractivity contribution in [3.63, 3.8) is 0 Å². The van der Waals surface area contributed by atoms with Crippen LogP contribution < -0.4 is 4.74 Å². The van der Waals surface area contributed by atoms with E-state index in [0.717, 1.165) is 23.3 Å². The minimum atomic E-state index is -4.72. The van der Waals surface area contributed by atoms with Crippen LogP contribution in [-0.2, 0) is 6.18 Å². The van der Waals surface area contributed by atoms with Gasteiger partial charge in [0.05, 0.1) is 12.7 Å². The fourth-order valence-electron chi connectivity index (χ4n) is 2.46. The van der Waals surface area contributed by atoms with E-state index in [1.54, 1.807) is 31.5 Å². The molecule has 1 heterocycles. The van der Waals surface area contributed by atoms with E-state index in [-0.39, 0.29) is 0 Å². The van der Waals surface area contributed by atoms with E-state index in [2.05, 4.69) is 4.98 Å². The first kappa shape index (κ1) is 17.0. The van der Waals surface area contributed by atoms with Crippen molar-refractivity contribution in [3.05, 3.63) is 72.3 Å². The molecule has 0 amide bonds. The van der Waals surface area contributed by atoms with Crippen LogP contribution in [0.25, 0.3) is 22.3 Å². The molecule has 0 aliphatic heterocycles. The first-order valence-electron chi connectivity index (χ1n) is 7.35. The maximum Gasteiger partial charge on any atom is 0.419 e. The number of hydrogen-bond donors (Lipinski definition) is 0. The number of ether oxygens (including phenoxy) is 1. The third-order valence-corrected chi connectivity index (χ3v) is 3.77. The van der Waals surface area contributed by atoms with Crippen molar-refractivity contribution in [1.29, 1.82) is 0 Å². The first-order valence-corrected chi connectivity index (χ1v) is 7.35. The van der Waals surface area contributed by atoms with Crippen LogP contribution in [0.1, 0.15) is 5.56 Å². The van der Waals surface area contributed by atoms with Crippen LogP contribution >= 0.6 is 0 Å². The molecule has 3 rings (SSSR count). The summed E-state index contributed by atoms with van der Waals surface area (Å²) in [4.78, 5) is 4.10. The van der Waals surface area contributed by atoms with Crippen molar-refractivity contribution in [2.45, 2.75) is 6.18 Å². The van der Waals surface area contributed by atoms with Crippen molar-refractivity contribution in [1.82, 2.24) is 4.98 Å². The zero-order chi connectivity index (χ0) is 18.0. The van der Waals surface area contributed by atoms with Gasteiger partial charge in [-0.3, -0.25) is 4.98 Å². The Morgan fingerprint density at radius 1 is 0.800 bits per heavy atom. The second-order valence-electron chi connectivity index (χ2n) is 5.38. The molecule has 0 saturated heterocycles. The smallest absolute Gasteiger partial charge is 0.419 e. The number of methoxy groups -OCH3 is 1. The molecule has 2 nitrogen and oxygen atoms in total. The SMILES string of the molecule is COc1ccc(-c2cncc(-c3ccc(C(F)(F)F)c(F)c3)c2)cc1. The van der Waals surface area contributed by atoms with E-state index in [4.69, 9.17) is 4.74 Å². The van der Waals surface area contributed by atoms with Crippen LogP contribution in [0.3, 0.4) is 0 Å². The zero-order valence-corrected chi connectivity index (χ0v) is 13.1. The Hall–Kier alpha value is -2.89. The molecule has 1 aromatic heterocycles. The summed E-state index contributed by atoms with van der Waals surface area (Å²) < 4.78 is 56.9. The number of benzene rings is 2. The fourth-order valence-corrected chi connectivity index (χ4v) is 2.46. The molecule has 0 fully saturated rings. The summed E-state index contributed by atoms with van der Waals surface area (Å²) in [6, 6.07) is 11.9.